The van der Waals surface area contributed by atoms with E-state index in [1.54, 1.807) is 7.05 Å². The van der Waals surface area contributed by atoms with Gasteiger partial charge in [-0.1, -0.05) is 60.7 Å². The van der Waals surface area contributed by atoms with Crippen LogP contribution in [0.1, 0.15) is 23.5 Å². The quantitative estimate of drug-likeness (QED) is 0.207. The Morgan fingerprint density at radius 2 is 1.39 bits per heavy atom. The van der Waals surface area contributed by atoms with Gasteiger partial charge in [-0.2, -0.15) is 0 Å². The fraction of sp³-hybridized carbons (Fsp3) is 0.350. The summed E-state index contributed by atoms with van der Waals surface area (Å²) in [7, 11) is -1.47. The van der Waals surface area contributed by atoms with Crippen molar-refractivity contribution in [3.05, 3.63) is 71.8 Å². The Hall–Kier alpha value is -1.65. The van der Waals surface area contributed by atoms with Crippen LogP contribution < -0.4 is 15.4 Å². The average molecular weight is 516 g/mol. The Balaban J connectivity index is 0.00000392. The number of guanidine groups is 1. The van der Waals surface area contributed by atoms with Crippen LogP contribution in [0.2, 0.25) is 0 Å². The van der Waals surface area contributed by atoms with Gasteiger partial charge in [-0.05, 0) is 17.5 Å². The summed E-state index contributed by atoms with van der Waals surface area (Å²) in [6, 6.07) is 20.9. The van der Waals surface area contributed by atoms with Crippen molar-refractivity contribution in [3.8, 4) is 0 Å². The normalized spacial score (nSPS) is 11.8. The minimum absolute atomic E-state index is 0. The van der Waals surface area contributed by atoms with E-state index in [0.29, 0.717) is 25.0 Å². The van der Waals surface area contributed by atoms with Gasteiger partial charge < -0.3 is 10.6 Å². The monoisotopic (exact) mass is 516 g/mol. The third-order valence-electron chi connectivity index (χ3n) is 4.13. The minimum Gasteiger partial charge on any atom is -0.356 e. The van der Waals surface area contributed by atoms with Crippen molar-refractivity contribution in [2.75, 3.05) is 32.9 Å². The van der Waals surface area contributed by atoms with Gasteiger partial charge in [-0.3, -0.25) is 4.99 Å². The van der Waals surface area contributed by atoms with Gasteiger partial charge in [0, 0.05) is 32.6 Å². The van der Waals surface area contributed by atoms with Gasteiger partial charge >= 0.3 is 0 Å². The molecular weight excluding hydrogens is 487 g/mol. The molecule has 0 aliphatic rings. The summed E-state index contributed by atoms with van der Waals surface area (Å²) >= 11 is 0. The fourth-order valence-electron chi connectivity index (χ4n) is 2.87. The van der Waals surface area contributed by atoms with Crippen LogP contribution in [0.4, 0.5) is 0 Å². The van der Waals surface area contributed by atoms with Gasteiger partial charge in [0.15, 0.2) is 5.96 Å². The molecule has 2 aromatic carbocycles. The lowest BCUT2D eigenvalue weighted by atomic mass is 9.88. The molecule has 0 amide bonds. The largest absolute Gasteiger partial charge is 0.356 e. The number of benzene rings is 2. The van der Waals surface area contributed by atoms with Crippen molar-refractivity contribution in [1.29, 1.82) is 0 Å². The van der Waals surface area contributed by atoms with Crippen LogP contribution >= 0.6 is 24.0 Å². The van der Waals surface area contributed by atoms with Gasteiger partial charge in [-0.15, -0.1) is 24.0 Å². The van der Waals surface area contributed by atoms with Crippen molar-refractivity contribution >= 4 is 40.0 Å². The molecule has 28 heavy (non-hydrogen) atoms. The molecule has 154 valence electrons. The topological polar surface area (TPSA) is 82.6 Å². The highest BCUT2D eigenvalue weighted by molar-refractivity contribution is 14.0. The Morgan fingerprint density at radius 1 is 0.893 bits per heavy atom. The number of nitrogens with zero attached hydrogens (tertiary/aromatic N) is 1. The molecule has 0 aromatic heterocycles. The maximum Gasteiger partial charge on any atom is 0.208 e. The van der Waals surface area contributed by atoms with Crippen molar-refractivity contribution < 1.29 is 8.42 Å². The first-order valence-corrected chi connectivity index (χ1v) is 10.9. The fourth-order valence-corrected chi connectivity index (χ4v) is 3.34. The number of sulfonamides is 1. The molecule has 2 rings (SSSR count). The van der Waals surface area contributed by atoms with E-state index in [9.17, 15) is 8.42 Å². The second-order valence-electron chi connectivity index (χ2n) is 6.25. The zero-order valence-electron chi connectivity index (χ0n) is 16.3. The molecule has 0 heterocycles. The SMILES string of the molecule is CN=C(NCCNS(C)(=O)=O)NCCC(c1ccccc1)c1ccccc1.I. The van der Waals surface area contributed by atoms with Gasteiger partial charge in [0.25, 0.3) is 0 Å². The molecule has 0 aliphatic heterocycles. The van der Waals surface area contributed by atoms with Crippen LogP contribution in [0.5, 0.6) is 0 Å². The zero-order valence-corrected chi connectivity index (χ0v) is 19.4. The highest BCUT2D eigenvalue weighted by Crippen LogP contribution is 2.27. The molecule has 8 heteroatoms. The molecule has 0 bridgehead atoms. The zero-order chi connectivity index (χ0) is 19.5. The first kappa shape index (κ1) is 24.4. The summed E-state index contributed by atoms with van der Waals surface area (Å²) in [4.78, 5) is 4.18. The molecule has 0 saturated heterocycles. The number of nitrogens with one attached hydrogen (secondary N) is 3. The Labute approximate surface area is 185 Å². The van der Waals surface area contributed by atoms with E-state index in [-0.39, 0.29) is 24.0 Å². The van der Waals surface area contributed by atoms with Crippen LogP contribution in [0.25, 0.3) is 0 Å². The van der Waals surface area contributed by atoms with Crippen molar-refractivity contribution in [2.45, 2.75) is 12.3 Å². The van der Waals surface area contributed by atoms with Crippen LogP contribution in [0.15, 0.2) is 65.7 Å². The summed E-state index contributed by atoms with van der Waals surface area (Å²) < 4.78 is 24.6. The first-order valence-electron chi connectivity index (χ1n) is 8.98. The van der Waals surface area contributed by atoms with E-state index in [4.69, 9.17) is 0 Å². The van der Waals surface area contributed by atoms with E-state index >= 15 is 0 Å². The standard InChI is InChI=1S/C20H28N4O2S.HI/c1-21-20(23-15-16-24-27(2,25)26)22-14-13-19(17-9-5-3-6-10-17)18-11-7-4-8-12-18;/h3-12,19,24H,13-16H2,1-2H3,(H2,21,22,23);1H. The minimum atomic E-state index is -3.17. The molecule has 0 atom stereocenters. The summed E-state index contributed by atoms with van der Waals surface area (Å²) in [5.41, 5.74) is 2.57. The van der Waals surface area contributed by atoms with Gasteiger partial charge in [0.1, 0.15) is 0 Å². The Bertz CT molecular complexity index is 775. The molecule has 0 aliphatic carbocycles. The molecule has 0 radical (unpaired) electrons. The van der Waals surface area contributed by atoms with Crippen LogP contribution in [0, 0.1) is 0 Å². The van der Waals surface area contributed by atoms with E-state index < -0.39 is 10.0 Å². The second kappa shape index (κ2) is 12.7. The van der Waals surface area contributed by atoms with E-state index in [1.165, 1.54) is 11.1 Å². The number of hydrogen-bond donors (Lipinski definition) is 3. The molecule has 0 spiro atoms. The Morgan fingerprint density at radius 3 is 1.86 bits per heavy atom. The molecule has 0 saturated carbocycles. The lowest BCUT2D eigenvalue weighted by Gasteiger charge is -2.19. The van der Waals surface area contributed by atoms with E-state index in [2.05, 4.69) is 68.9 Å². The maximum atomic E-state index is 11.1. The summed E-state index contributed by atoms with van der Waals surface area (Å²) in [6.45, 7) is 1.53. The molecule has 6 nitrogen and oxygen atoms in total. The lowest BCUT2D eigenvalue weighted by Crippen LogP contribution is -2.41. The summed E-state index contributed by atoms with van der Waals surface area (Å²) in [6.07, 6.45) is 2.06. The van der Waals surface area contributed by atoms with Crippen LogP contribution in [0.3, 0.4) is 0 Å². The average Bonchev–Trinajstić information content (AvgIpc) is 2.67. The summed E-state index contributed by atoms with van der Waals surface area (Å²) in [5.74, 6) is 0.954. The van der Waals surface area contributed by atoms with E-state index in [0.717, 1.165) is 19.2 Å². The molecule has 0 fully saturated rings. The summed E-state index contributed by atoms with van der Waals surface area (Å²) in [5, 5.41) is 6.41. The highest BCUT2D eigenvalue weighted by atomic mass is 127. The van der Waals surface area contributed by atoms with Crippen LogP contribution in [-0.4, -0.2) is 47.3 Å². The number of aliphatic imine (C=N–C) groups is 1. The molecule has 2 aromatic rings. The van der Waals surface area contributed by atoms with Crippen molar-refractivity contribution in [2.24, 2.45) is 4.99 Å². The predicted molar refractivity (Wildman–Crippen MR) is 127 cm³/mol. The van der Waals surface area contributed by atoms with Gasteiger partial charge in [-0.25, -0.2) is 13.1 Å². The second-order valence-corrected chi connectivity index (χ2v) is 8.09. The molecule has 3 N–H and O–H groups in total. The highest BCUT2D eigenvalue weighted by Gasteiger charge is 2.13. The number of hydrogen-bond acceptors (Lipinski definition) is 3. The molecule has 0 unspecified atom stereocenters. The van der Waals surface area contributed by atoms with Gasteiger partial charge in [0.2, 0.25) is 10.0 Å². The maximum absolute atomic E-state index is 11.1. The third kappa shape index (κ3) is 9.03. The third-order valence-corrected chi connectivity index (χ3v) is 4.86. The smallest absolute Gasteiger partial charge is 0.208 e. The molecular formula is C20H29IN4O2S. The van der Waals surface area contributed by atoms with Gasteiger partial charge in [0.05, 0.1) is 6.26 Å². The van der Waals surface area contributed by atoms with E-state index in [1.807, 2.05) is 12.1 Å². The van der Waals surface area contributed by atoms with Crippen molar-refractivity contribution in [1.82, 2.24) is 15.4 Å². The first-order chi connectivity index (χ1) is 13.0. The predicted octanol–water partition coefficient (Wildman–Crippen LogP) is 2.54. The van der Waals surface area contributed by atoms with Crippen molar-refractivity contribution in [3.63, 3.8) is 0 Å². The number of rotatable bonds is 9. The van der Waals surface area contributed by atoms with Crippen LogP contribution in [-0.2, 0) is 10.0 Å². The lowest BCUT2D eigenvalue weighted by molar-refractivity contribution is 0.586. The number of halogens is 1. The Kier molecular flexibility index (Phi) is 11.1.